The van der Waals surface area contributed by atoms with E-state index < -0.39 is 7.26 Å². The van der Waals surface area contributed by atoms with Gasteiger partial charge in [-0.1, -0.05) is 130 Å². The average Bonchev–Trinajstić information content (AvgIpc) is 2.75. The molecule has 0 heterocycles. The first-order valence-corrected chi connectivity index (χ1v) is 17.1. The molecule has 0 bridgehead atoms. The number of halogens is 1. The zero-order valence-corrected chi connectivity index (χ0v) is 25.0. The van der Waals surface area contributed by atoms with Crippen LogP contribution in [0.25, 0.3) is 0 Å². The third-order valence-corrected chi connectivity index (χ3v) is 12.3. The van der Waals surface area contributed by atoms with Crippen molar-refractivity contribution in [3.63, 3.8) is 0 Å². The van der Waals surface area contributed by atoms with Crippen molar-refractivity contribution in [2.24, 2.45) is 0 Å². The van der Waals surface area contributed by atoms with E-state index in [1.54, 1.807) is 31.1 Å². The second kappa shape index (κ2) is 27.2. The summed E-state index contributed by atoms with van der Waals surface area (Å²) in [6.45, 7) is 9.44. The van der Waals surface area contributed by atoms with Gasteiger partial charge < -0.3 is 17.0 Å². The molecule has 0 radical (unpaired) electrons. The zero-order valence-electron chi connectivity index (χ0n) is 22.5. The van der Waals surface area contributed by atoms with E-state index in [4.69, 9.17) is 0 Å². The smallest absolute Gasteiger partial charge is 0.0594 e. The minimum Gasteiger partial charge on any atom is -1.00 e. The van der Waals surface area contributed by atoms with Gasteiger partial charge in [0, 0.05) is 7.26 Å². The summed E-state index contributed by atoms with van der Waals surface area (Å²) in [6.07, 6.45) is 37.5. The Kier molecular flexibility index (Phi) is 29.9. The highest BCUT2D eigenvalue weighted by atomic mass is 79.9. The molecule has 2 heteroatoms. The number of rotatable bonds is 25. The lowest BCUT2D eigenvalue weighted by molar-refractivity contribution is -0.00000690. The molecule has 0 aromatic rings. The van der Waals surface area contributed by atoms with Crippen LogP contribution in [0.15, 0.2) is 0 Å². The molecule has 0 aliphatic carbocycles. The second-order valence-corrected chi connectivity index (χ2v) is 14.7. The van der Waals surface area contributed by atoms with Gasteiger partial charge in [0.2, 0.25) is 0 Å². The van der Waals surface area contributed by atoms with E-state index in [2.05, 4.69) is 27.7 Å². The number of hydrogen-bond donors (Lipinski definition) is 0. The Morgan fingerprint density at radius 2 is 0.484 bits per heavy atom. The minimum atomic E-state index is -0.665. The van der Waals surface area contributed by atoms with Crippen LogP contribution < -0.4 is 17.0 Å². The van der Waals surface area contributed by atoms with Crippen molar-refractivity contribution in [2.45, 2.75) is 163 Å². The standard InChI is InChI=1S/C29H62P.BrH/c1-5-9-13-14-15-16-17-18-19-20-21-25-29-30(26-22-10-6-2,27-23-11-7-3)28-24-12-8-4;/h5-29H2,1-4H3;1H/q+1;/p-1. The predicted molar refractivity (Wildman–Crippen MR) is 146 cm³/mol. The summed E-state index contributed by atoms with van der Waals surface area (Å²) in [6, 6.07) is 0. The minimum absolute atomic E-state index is 0. The fourth-order valence-electron chi connectivity index (χ4n) is 5.05. The molecular weight excluding hydrogens is 459 g/mol. The molecule has 0 nitrogen and oxygen atoms in total. The monoisotopic (exact) mass is 520 g/mol. The summed E-state index contributed by atoms with van der Waals surface area (Å²) in [5.41, 5.74) is 0. The molecule has 0 unspecified atom stereocenters. The molecule has 0 aliphatic heterocycles. The van der Waals surface area contributed by atoms with Crippen molar-refractivity contribution in [1.29, 1.82) is 0 Å². The van der Waals surface area contributed by atoms with Crippen molar-refractivity contribution in [3.05, 3.63) is 0 Å². The van der Waals surface area contributed by atoms with Gasteiger partial charge in [-0.2, -0.15) is 0 Å². The lowest BCUT2D eigenvalue weighted by Gasteiger charge is -2.28. The summed E-state index contributed by atoms with van der Waals surface area (Å²) in [5.74, 6) is 0. The predicted octanol–water partition coefficient (Wildman–Crippen LogP) is 8.28. The van der Waals surface area contributed by atoms with Gasteiger partial charge in [0.15, 0.2) is 0 Å². The molecule has 190 valence electrons. The maximum absolute atomic E-state index is 2.37. The molecule has 0 N–H and O–H groups in total. The first kappa shape index (κ1) is 34.1. The first-order valence-electron chi connectivity index (χ1n) is 14.6. The first-order chi connectivity index (χ1) is 14.7. The van der Waals surface area contributed by atoms with Crippen molar-refractivity contribution in [3.8, 4) is 0 Å². The molecule has 0 saturated carbocycles. The highest BCUT2D eigenvalue weighted by Gasteiger charge is 2.34. The Labute approximate surface area is 211 Å². The average molecular weight is 522 g/mol. The van der Waals surface area contributed by atoms with Crippen LogP contribution in [0.1, 0.15) is 163 Å². The Morgan fingerprint density at radius 1 is 0.290 bits per heavy atom. The molecule has 0 aromatic heterocycles. The van der Waals surface area contributed by atoms with Gasteiger partial charge in [-0.05, 0) is 32.1 Å². The molecule has 0 aliphatic rings. The lowest BCUT2D eigenvalue weighted by atomic mass is 10.1. The van der Waals surface area contributed by atoms with Crippen LogP contribution in [0.4, 0.5) is 0 Å². The zero-order chi connectivity index (χ0) is 22.2. The molecule has 0 saturated heterocycles. The highest BCUT2D eigenvalue weighted by Crippen LogP contribution is 2.61. The normalized spacial score (nSPS) is 11.6. The summed E-state index contributed by atoms with van der Waals surface area (Å²) >= 11 is 0. The fourth-order valence-corrected chi connectivity index (χ4v) is 9.97. The van der Waals surface area contributed by atoms with Gasteiger partial charge >= 0.3 is 0 Å². The van der Waals surface area contributed by atoms with Crippen molar-refractivity contribution >= 4 is 7.26 Å². The van der Waals surface area contributed by atoms with Crippen LogP contribution >= 0.6 is 7.26 Å². The van der Waals surface area contributed by atoms with E-state index in [9.17, 15) is 0 Å². The van der Waals surface area contributed by atoms with E-state index in [0.717, 1.165) is 0 Å². The SMILES string of the molecule is CCCCCCCCCCCCCC[P+](CCCCC)(CCCCC)CCCCC.[Br-]. The second-order valence-electron chi connectivity index (χ2n) is 10.2. The highest BCUT2D eigenvalue weighted by molar-refractivity contribution is 7.75. The van der Waals surface area contributed by atoms with Gasteiger partial charge in [0.25, 0.3) is 0 Å². The third kappa shape index (κ3) is 22.5. The van der Waals surface area contributed by atoms with E-state index in [0.29, 0.717) is 0 Å². The molecule has 0 fully saturated rings. The molecule has 0 atom stereocenters. The Balaban J connectivity index is 0. The number of hydrogen-bond acceptors (Lipinski definition) is 0. The largest absolute Gasteiger partial charge is 1.00 e. The summed E-state index contributed by atoms with van der Waals surface area (Å²) in [7, 11) is -0.665. The van der Waals surface area contributed by atoms with Crippen LogP contribution in [0.2, 0.25) is 0 Å². The summed E-state index contributed by atoms with van der Waals surface area (Å²) in [5, 5.41) is 0. The Bertz CT molecular complexity index is 291. The van der Waals surface area contributed by atoms with Crippen LogP contribution in [-0.2, 0) is 0 Å². The van der Waals surface area contributed by atoms with Crippen molar-refractivity contribution in [1.82, 2.24) is 0 Å². The lowest BCUT2D eigenvalue weighted by Crippen LogP contribution is -3.00. The van der Waals surface area contributed by atoms with Crippen LogP contribution in [-0.4, -0.2) is 24.6 Å². The molecular formula is C29H62BrP. The molecule has 31 heavy (non-hydrogen) atoms. The molecule has 0 aromatic carbocycles. The molecule has 0 rings (SSSR count). The van der Waals surface area contributed by atoms with E-state index in [1.807, 2.05) is 0 Å². The van der Waals surface area contributed by atoms with Crippen LogP contribution in [0, 0.1) is 0 Å². The van der Waals surface area contributed by atoms with Gasteiger partial charge in [0.05, 0.1) is 24.6 Å². The van der Waals surface area contributed by atoms with Gasteiger partial charge in [0.1, 0.15) is 0 Å². The van der Waals surface area contributed by atoms with E-state index >= 15 is 0 Å². The van der Waals surface area contributed by atoms with Crippen LogP contribution in [0.3, 0.4) is 0 Å². The topological polar surface area (TPSA) is 0 Å². The molecule has 0 amide bonds. The molecule has 0 spiro atoms. The van der Waals surface area contributed by atoms with Crippen molar-refractivity contribution < 1.29 is 17.0 Å². The van der Waals surface area contributed by atoms with E-state index in [1.165, 1.54) is 128 Å². The quantitative estimate of drug-likeness (QED) is 0.0838. The maximum Gasteiger partial charge on any atom is 0.0594 e. The van der Waals surface area contributed by atoms with Gasteiger partial charge in [-0.15, -0.1) is 0 Å². The fraction of sp³-hybridized carbons (Fsp3) is 1.00. The van der Waals surface area contributed by atoms with Gasteiger partial charge in [-0.25, -0.2) is 0 Å². The third-order valence-electron chi connectivity index (χ3n) is 7.19. The van der Waals surface area contributed by atoms with E-state index in [-0.39, 0.29) is 17.0 Å². The maximum atomic E-state index is 2.37. The van der Waals surface area contributed by atoms with Crippen molar-refractivity contribution in [2.75, 3.05) is 24.6 Å². The van der Waals surface area contributed by atoms with Gasteiger partial charge in [-0.3, -0.25) is 0 Å². The Morgan fingerprint density at radius 3 is 0.774 bits per heavy atom. The summed E-state index contributed by atoms with van der Waals surface area (Å²) in [4.78, 5) is 0. The Hall–Kier alpha value is 0.910. The summed E-state index contributed by atoms with van der Waals surface area (Å²) < 4.78 is 0. The van der Waals surface area contributed by atoms with Crippen LogP contribution in [0.5, 0.6) is 0 Å². The number of unbranched alkanes of at least 4 members (excludes halogenated alkanes) is 17.